The van der Waals surface area contributed by atoms with Gasteiger partial charge in [0.2, 0.25) is 0 Å². The molecule has 26 heavy (non-hydrogen) atoms. The van der Waals surface area contributed by atoms with Gasteiger partial charge in [0.15, 0.2) is 0 Å². The Balaban J connectivity index is 1.88. The Morgan fingerprint density at radius 2 is 1.92 bits per heavy atom. The van der Waals surface area contributed by atoms with Crippen molar-refractivity contribution in [3.05, 3.63) is 29.8 Å². The highest BCUT2D eigenvalue weighted by atomic mass is 16.5. The second-order valence-electron chi connectivity index (χ2n) is 7.58. The summed E-state index contributed by atoms with van der Waals surface area (Å²) < 4.78 is 11.0. The van der Waals surface area contributed by atoms with E-state index in [1.807, 2.05) is 31.2 Å². The Hall–Kier alpha value is -1.59. The number of rotatable bonds is 9. The molecule has 1 aromatic rings. The van der Waals surface area contributed by atoms with Crippen LogP contribution in [0, 0.1) is 11.8 Å². The number of likely N-dealkylation sites (tertiary alicyclic amines) is 1. The molecule has 1 saturated heterocycles. The molecule has 0 bridgehead atoms. The summed E-state index contributed by atoms with van der Waals surface area (Å²) in [6, 6.07) is 7.48. The zero-order valence-electron chi connectivity index (χ0n) is 16.7. The van der Waals surface area contributed by atoms with E-state index in [-0.39, 0.29) is 11.9 Å². The molecule has 5 nitrogen and oxygen atoms in total. The normalized spacial score (nSPS) is 22.0. The van der Waals surface area contributed by atoms with Gasteiger partial charge in [-0.15, -0.1) is 0 Å². The van der Waals surface area contributed by atoms with E-state index in [1.54, 1.807) is 0 Å². The lowest BCUT2D eigenvalue weighted by molar-refractivity contribution is 0.0891. The van der Waals surface area contributed by atoms with Crippen molar-refractivity contribution in [1.82, 2.24) is 10.2 Å². The molecule has 0 aromatic heterocycles. The molecule has 3 unspecified atom stereocenters. The highest BCUT2D eigenvalue weighted by molar-refractivity contribution is 5.97. The number of nitrogens with one attached hydrogen (secondary N) is 1. The highest BCUT2D eigenvalue weighted by Gasteiger charge is 2.23. The minimum absolute atomic E-state index is 0.0809. The first-order valence-electron chi connectivity index (χ1n) is 9.82. The van der Waals surface area contributed by atoms with Gasteiger partial charge in [0, 0.05) is 32.3 Å². The molecule has 1 fully saturated rings. The predicted octanol–water partition coefficient (Wildman–Crippen LogP) is 3.20. The molecule has 2 rings (SSSR count). The van der Waals surface area contributed by atoms with Crippen molar-refractivity contribution in [2.75, 3.05) is 39.5 Å². The quantitative estimate of drug-likeness (QED) is 0.686. The summed E-state index contributed by atoms with van der Waals surface area (Å²) in [6.45, 7) is 13.4. The standard InChI is InChI=1S/C21H34N2O3/c1-5-25-10-11-26-20-9-7-6-8-19(20)21(24)22-18(4)15-23-13-16(2)12-17(3)14-23/h6-9,16-18H,5,10-15H2,1-4H3,(H,22,24). The lowest BCUT2D eigenvalue weighted by Gasteiger charge is -2.36. The first-order valence-corrected chi connectivity index (χ1v) is 9.82. The predicted molar refractivity (Wildman–Crippen MR) is 105 cm³/mol. The minimum Gasteiger partial charge on any atom is -0.490 e. The molecule has 1 N–H and O–H groups in total. The summed E-state index contributed by atoms with van der Waals surface area (Å²) in [7, 11) is 0. The second kappa shape index (κ2) is 10.5. The summed E-state index contributed by atoms with van der Waals surface area (Å²) in [4.78, 5) is 15.2. The van der Waals surface area contributed by atoms with Crippen LogP contribution in [0.25, 0.3) is 0 Å². The average Bonchev–Trinajstić information content (AvgIpc) is 2.58. The zero-order valence-corrected chi connectivity index (χ0v) is 16.7. The lowest BCUT2D eigenvalue weighted by Crippen LogP contribution is -2.47. The van der Waals surface area contributed by atoms with Crippen LogP contribution in [0.5, 0.6) is 5.75 Å². The summed E-state index contributed by atoms with van der Waals surface area (Å²) in [5.74, 6) is 1.97. The van der Waals surface area contributed by atoms with Crippen LogP contribution in [0.2, 0.25) is 0 Å². The third-order valence-corrected chi connectivity index (χ3v) is 4.68. The Bertz CT molecular complexity index is 554. The van der Waals surface area contributed by atoms with Gasteiger partial charge in [-0.25, -0.2) is 0 Å². The number of ether oxygens (including phenoxy) is 2. The Labute approximate surface area is 158 Å². The number of hydrogen-bond acceptors (Lipinski definition) is 4. The molecule has 1 aromatic carbocycles. The fourth-order valence-electron chi connectivity index (χ4n) is 3.81. The lowest BCUT2D eigenvalue weighted by atomic mass is 9.92. The second-order valence-corrected chi connectivity index (χ2v) is 7.58. The summed E-state index contributed by atoms with van der Waals surface area (Å²) in [6.07, 6.45) is 1.30. The van der Waals surface area contributed by atoms with Crippen molar-refractivity contribution in [2.24, 2.45) is 11.8 Å². The van der Waals surface area contributed by atoms with Crippen LogP contribution in [0.3, 0.4) is 0 Å². The molecule has 1 heterocycles. The third-order valence-electron chi connectivity index (χ3n) is 4.68. The number of piperidine rings is 1. The van der Waals surface area contributed by atoms with Gasteiger partial charge in [-0.3, -0.25) is 4.79 Å². The van der Waals surface area contributed by atoms with E-state index in [0.29, 0.717) is 31.1 Å². The molecule has 1 amide bonds. The van der Waals surface area contributed by atoms with Crippen LogP contribution in [0.4, 0.5) is 0 Å². The van der Waals surface area contributed by atoms with E-state index >= 15 is 0 Å². The van der Waals surface area contributed by atoms with Crippen molar-refractivity contribution in [3.63, 3.8) is 0 Å². The topological polar surface area (TPSA) is 50.8 Å². The SMILES string of the molecule is CCOCCOc1ccccc1C(=O)NC(C)CN1CC(C)CC(C)C1. The van der Waals surface area contributed by atoms with E-state index in [2.05, 4.69) is 31.0 Å². The first-order chi connectivity index (χ1) is 12.5. The molecule has 3 atom stereocenters. The van der Waals surface area contributed by atoms with Crippen molar-refractivity contribution < 1.29 is 14.3 Å². The van der Waals surface area contributed by atoms with Gasteiger partial charge in [-0.2, -0.15) is 0 Å². The van der Waals surface area contributed by atoms with Gasteiger partial charge < -0.3 is 19.7 Å². The average molecular weight is 363 g/mol. The van der Waals surface area contributed by atoms with Crippen LogP contribution in [0.1, 0.15) is 44.5 Å². The Kier molecular flexibility index (Phi) is 8.39. The van der Waals surface area contributed by atoms with Gasteiger partial charge in [-0.05, 0) is 44.2 Å². The molecule has 0 radical (unpaired) electrons. The number of para-hydroxylation sites is 1. The van der Waals surface area contributed by atoms with Crippen molar-refractivity contribution in [3.8, 4) is 5.75 Å². The van der Waals surface area contributed by atoms with Gasteiger partial charge >= 0.3 is 0 Å². The number of carbonyl (C=O) groups excluding carboxylic acids is 1. The van der Waals surface area contributed by atoms with Crippen LogP contribution in [0.15, 0.2) is 24.3 Å². The van der Waals surface area contributed by atoms with Gasteiger partial charge in [0.05, 0.1) is 12.2 Å². The molecule has 146 valence electrons. The minimum atomic E-state index is -0.0809. The molecule has 1 aliphatic heterocycles. The number of hydrogen-bond donors (Lipinski definition) is 1. The number of amides is 1. The number of carbonyl (C=O) groups is 1. The van der Waals surface area contributed by atoms with Gasteiger partial charge in [-0.1, -0.05) is 26.0 Å². The van der Waals surface area contributed by atoms with E-state index < -0.39 is 0 Å². The van der Waals surface area contributed by atoms with Crippen LogP contribution < -0.4 is 10.1 Å². The highest BCUT2D eigenvalue weighted by Crippen LogP contribution is 2.21. The molecule has 0 spiro atoms. The third kappa shape index (κ3) is 6.61. The van der Waals surface area contributed by atoms with Gasteiger partial charge in [0.1, 0.15) is 12.4 Å². The van der Waals surface area contributed by atoms with Gasteiger partial charge in [0.25, 0.3) is 5.91 Å². The Morgan fingerprint density at radius 3 is 2.62 bits per heavy atom. The van der Waals surface area contributed by atoms with Crippen LogP contribution in [-0.2, 0) is 4.74 Å². The monoisotopic (exact) mass is 362 g/mol. The number of benzene rings is 1. The van der Waals surface area contributed by atoms with Crippen LogP contribution >= 0.6 is 0 Å². The Morgan fingerprint density at radius 1 is 1.23 bits per heavy atom. The van der Waals surface area contributed by atoms with E-state index in [9.17, 15) is 4.79 Å². The smallest absolute Gasteiger partial charge is 0.255 e. The number of nitrogens with zero attached hydrogens (tertiary/aromatic N) is 1. The maximum atomic E-state index is 12.7. The molecular formula is C21H34N2O3. The zero-order chi connectivity index (χ0) is 18.9. The fraction of sp³-hybridized carbons (Fsp3) is 0.667. The van der Waals surface area contributed by atoms with Crippen molar-refractivity contribution >= 4 is 5.91 Å². The fourth-order valence-corrected chi connectivity index (χ4v) is 3.81. The summed E-state index contributed by atoms with van der Waals surface area (Å²) in [5.41, 5.74) is 0.580. The van der Waals surface area contributed by atoms with Crippen molar-refractivity contribution in [2.45, 2.75) is 40.2 Å². The summed E-state index contributed by atoms with van der Waals surface area (Å²) >= 11 is 0. The first kappa shape index (κ1) is 20.7. The van der Waals surface area contributed by atoms with Crippen molar-refractivity contribution in [1.29, 1.82) is 0 Å². The maximum absolute atomic E-state index is 12.7. The van der Waals surface area contributed by atoms with E-state index in [4.69, 9.17) is 9.47 Å². The maximum Gasteiger partial charge on any atom is 0.255 e. The molecule has 0 aliphatic carbocycles. The largest absolute Gasteiger partial charge is 0.490 e. The van der Waals surface area contributed by atoms with Crippen LogP contribution in [-0.4, -0.2) is 56.3 Å². The summed E-state index contributed by atoms with van der Waals surface area (Å²) in [5, 5.41) is 3.12. The van der Waals surface area contributed by atoms with E-state index in [0.717, 1.165) is 31.5 Å². The molecule has 5 heteroatoms. The molecular weight excluding hydrogens is 328 g/mol. The van der Waals surface area contributed by atoms with E-state index in [1.165, 1.54) is 6.42 Å². The molecule has 1 aliphatic rings. The molecule has 0 saturated carbocycles.